The molecule has 2 aromatic heterocycles. The Morgan fingerprint density at radius 1 is 1.25 bits per heavy atom. The van der Waals surface area contributed by atoms with E-state index >= 15 is 0 Å². The van der Waals surface area contributed by atoms with Crippen molar-refractivity contribution in [1.29, 1.82) is 0 Å². The molecule has 14 heteroatoms. The van der Waals surface area contributed by atoms with Crippen LogP contribution in [0.3, 0.4) is 0 Å². The first kappa shape index (κ1) is 28.9. The number of aliphatic carboxylic acids is 1. The number of fused-ring (bicyclic) bond motifs is 1. The molecule has 3 N–H and O–H groups in total. The van der Waals surface area contributed by atoms with Crippen LogP contribution >= 0.6 is 0 Å². The Kier molecular flexibility index (Phi) is 8.67. The molecular formula is C26H31F3N6O5. The lowest BCUT2D eigenvalue weighted by molar-refractivity contribution is -0.192. The first-order valence-corrected chi connectivity index (χ1v) is 12.7. The van der Waals surface area contributed by atoms with Gasteiger partial charge in [0.25, 0.3) is 0 Å². The lowest BCUT2D eigenvalue weighted by atomic mass is 10.0. The predicted molar refractivity (Wildman–Crippen MR) is 140 cm³/mol. The van der Waals surface area contributed by atoms with Crippen molar-refractivity contribution in [2.75, 3.05) is 44.7 Å². The highest BCUT2D eigenvalue weighted by Gasteiger charge is 2.38. The molecule has 2 aliphatic heterocycles. The van der Waals surface area contributed by atoms with E-state index in [0.29, 0.717) is 18.8 Å². The van der Waals surface area contributed by atoms with E-state index in [4.69, 9.17) is 24.4 Å². The quantitative estimate of drug-likeness (QED) is 0.414. The summed E-state index contributed by atoms with van der Waals surface area (Å²) < 4.78 is 45.6. The van der Waals surface area contributed by atoms with Gasteiger partial charge in [-0.15, -0.1) is 0 Å². The molecule has 0 spiro atoms. The highest BCUT2D eigenvalue weighted by atomic mass is 19.4. The van der Waals surface area contributed by atoms with Crippen molar-refractivity contribution in [1.82, 2.24) is 25.2 Å². The van der Waals surface area contributed by atoms with Crippen LogP contribution in [0.5, 0.6) is 11.6 Å². The molecule has 216 valence electrons. The maximum absolute atomic E-state index is 11.7. The van der Waals surface area contributed by atoms with E-state index in [9.17, 15) is 18.0 Å². The zero-order valence-corrected chi connectivity index (χ0v) is 22.3. The second kappa shape index (κ2) is 12.0. The summed E-state index contributed by atoms with van der Waals surface area (Å²) in [6.45, 7) is 8.42. The lowest BCUT2D eigenvalue weighted by Crippen LogP contribution is -2.43. The molecule has 2 fully saturated rings. The Morgan fingerprint density at radius 2 is 1.95 bits per heavy atom. The van der Waals surface area contributed by atoms with Crippen molar-refractivity contribution in [3.63, 3.8) is 0 Å². The summed E-state index contributed by atoms with van der Waals surface area (Å²) in [5.41, 5.74) is 4.59. The minimum Gasteiger partial charge on any atom is -0.495 e. The SMILES string of the molecule is COc1cc(-c2cn3ncc(C)c3c(O[C@H](C)C3CNC(=O)C3)n2)ccc1N1CCNCC1.O=C(O)C(F)(F)F. The number of carboxylic acids is 1. The molecule has 0 aliphatic carbocycles. The van der Waals surface area contributed by atoms with Crippen LogP contribution < -0.4 is 25.0 Å². The third-order valence-electron chi connectivity index (χ3n) is 6.79. The molecule has 2 saturated heterocycles. The van der Waals surface area contributed by atoms with Gasteiger partial charge in [0.2, 0.25) is 11.8 Å². The number of alkyl halides is 3. The summed E-state index contributed by atoms with van der Waals surface area (Å²) in [5, 5.41) is 17.9. The van der Waals surface area contributed by atoms with Crippen molar-refractivity contribution in [3.05, 3.63) is 36.2 Å². The van der Waals surface area contributed by atoms with Gasteiger partial charge in [-0.3, -0.25) is 4.79 Å². The largest absolute Gasteiger partial charge is 0.495 e. The first-order valence-electron chi connectivity index (χ1n) is 12.7. The second-order valence-corrected chi connectivity index (χ2v) is 9.57. The Labute approximate surface area is 228 Å². The lowest BCUT2D eigenvalue weighted by Gasteiger charge is -2.30. The minimum atomic E-state index is -5.08. The molecule has 0 radical (unpaired) electrons. The molecule has 2 atom stereocenters. The van der Waals surface area contributed by atoms with E-state index in [2.05, 4.69) is 32.8 Å². The van der Waals surface area contributed by atoms with Gasteiger partial charge in [-0.2, -0.15) is 18.3 Å². The zero-order valence-electron chi connectivity index (χ0n) is 22.3. The Morgan fingerprint density at radius 3 is 2.55 bits per heavy atom. The molecule has 11 nitrogen and oxygen atoms in total. The molecule has 3 aromatic rings. The van der Waals surface area contributed by atoms with E-state index in [1.807, 2.05) is 36.8 Å². The Hall–Kier alpha value is -4.07. The first-order chi connectivity index (χ1) is 19.0. The number of halogens is 3. The smallest absolute Gasteiger partial charge is 0.490 e. The van der Waals surface area contributed by atoms with Gasteiger partial charge < -0.3 is 30.1 Å². The monoisotopic (exact) mass is 564 g/mol. The number of nitrogens with zero attached hydrogens (tertiary/aromatic N) is 4. The van der Waals surface area contributed by atoms with Crippen molar-refractivity contribution in [2.45, 2.75) is 32.5 Å². The van der Waals surface area contributed by atoms with E-state index < -0.39 is 12.1 Å². The number of carbonyl (C=O) groups is 2. The van der Waals surface area contributed by atoms with E-state index in [1.54, 1.807) is 7.11 Å². The number of carboxylic acid groups (broad SMARTS) is 1. The third kappa shape index (κ3) is 6.55. The number of ether oxygens (including phenoxy) is 2. The van der Waals surface area contributed by atoms with Crippen molar-refractivity contribution >= 4 is 23.1 Å². The maximum atomic E-state index is 11.7. The number of carbonyl (C=O) groups excluding carboxylic acids is 1. The standard InChI is InChI=1S/C24H30N6O3.C2HF3O2/c1-15-12-27-30-14-19(28-24(23(15)30)33-16(2)18-11-22(31)26-13-18)17-4-5-20(21(10-17)32-3)29-8-6-25-7-9-29;3-2(4,5)1(6)7/h4-5,10,12,14,16,18,25H,6-9,11,13H2,1-3H3,(H,26,31);(H,6,7)/t16-,18?;/m1./s1. The van der Waals surface area contributed by atoms with Crippen LogP contribution in [0.25, 0.3) is 16.8 Å². The molecule has 40 heavy (non-hydrogen) atoms. The van der Waals surface area contributed by atoms with Crippen LogP contribution in [0.2, 0.25) is 0 Å². The number of hydrogen-bond donors (Lipinski definition) is 3. The van der Waals surface area contributed by atoms with E-state index in [1.165, 1.54) is 0 Å². The number of piperazine rings is 1. The van der Waals surface area contributed by atoms with Crippen LogP contribution in [0.4, 0.5) is 18.9 Å². The van der Waals surface area contributed by atoms with Gasteiger partial charge in [-0.05, 0) is 26.0 Å². The number of benzene rings is 1. The van der Waals surface area contributed by atoms with Crippen LogP contribution in [0.15, 0.2) is 30.6 Å². The second-order valence-electron chi connectivity index (χ2n) is 9.57. The molecule has 4 heterocycles. The average molecular weight is 565 g/mol. The number of anilines is 1. The van der Waals surface area contributed by atoms with Crippen LogP contribution in [-0.4, -0.2) is 83.7 Å². The molecule has 1 aromatic carbocycles. The van der Waals surface area contributed by atoms with Gasteiger partial charge in [-0.25, -0.2) is 14.3 Å². The van der Waals surface area contributed by atoms with Crippen molar-refractivity contribution < 1.29 is 37.3 Å². The molecule has 5 rings (SSSR count). The van der Waals surface area contributed by atoms with Gasteiger partial charge in [0.15, 0.2) is 0 Å². The number of nitrogens with one attached hydrogen (secondary N) is 2. The summed E-state index contributed by atoms with van der Waals surface area (Å²) >= 11 is 0. The predicted octanol–water partition coefficient (Wildman–Crippen LogP) is 2.66. The average Bonchev–Trinajstić information content (AvgIpc) is 3.54. The normalized spacial score (nSPS) is 18.1. The highest BCUT2D eigenvalue weighted by molar-refractivity contribution is 5.78. The van der Waals surface area contributed by atoms with Crippen molar-refractivity contribution in [3.8, 4) is 22.9 Å². The van der Waals surface area contributed by atoms with E-state index in [0.717, 1.165) is 60.0 Å². The fourth-order valence-corrected chi connectivity index (χ4v) is 4.58. The van der Waals surface area contributed by atoms with Gasteiger partial charge in [0.05, 0.1) is 30.9 Å². The van der Waals surface area contributed by atoms with Gasteiger partial charge >= 0.3 is 12.1 Å². The number of rotatable bonds is 6. The summed E-state index contributed by atoms with van der Waals surface area (Å²) in [5.74, 6) is -1.23. The Bertz CT molecular complexity index is 1370. The van der Waals surface area contributed by atoms with E-state index in [-0.39, 0.29) is 17.9 Å². The number of amides is 1. The molecule has 1 amide bonds. The Balaban J connectivity index is 0.000000470. The summed E-state index contributed by atoms with van der Waals surface area (Å²) in [6.07, 6.45) is -1.04. The fraction of sp³-hybridized carbons (Fsp3) is 0.462. The molecular weight excluding hydrogens is 533 g/mol. The minimum absolute atomic E-state index is 0.0690. The van der Waals surface area contributed by atoms with Crippen LogP contribution in [0, 0.1) is 12.8 Å². The number of methoxy groups -OCH3 is 1. The van der Waals surface area contributed by atoms with Gasteiger partial charge in [0.1, 0.15) is 17.4 Å². The summed E-state index contributed by atoms with van der Waals surface area (Å²) in [7, 11) is 1.70. The summed E-state index contributed by atoms with van der Waals surface area (Å²) in [4.78, 5) is 27.8. The molecule has 2 aliphatic rings. The third-order valence-corrected chi connectivity index (χ3v) is 6.79. The van der Waals surface area contributed by atoms with Crippen molar-refractivity contribution in [2.24, 2.45) is 5.92 Å². The number of hydrogen-bond acceptors (Lipinski definition) is 8. The topological polar surface area (TPSA) is 130 Å². The van der Waals surface area contributed by atoms with Crippen LogP contribution in [-0.2, 0) is 9.59 Å². The number of aromatic nitrogens is 3. The fourth-order valence-electron chi connectivity index (χ4n) is 4.58. The van der Waals surface area contributed by atoms with Gasteiger partial charge in [-0.1, -0.05) is 6.07 Å². The highest BCUT2D eigenvalue weighted by Crippen LogP contribution is 2.35. The number of aryl methyl sites for hydroxylation is 1. The summed E-state index contributed by atoms with van der Waals surface area (Å²) in [6, 6.07) is 6.19. The molecule has 1 unspecified atom stereocenters. The molecule has 0 saturated carbocycles. The van der Waals surface area contributed by atoms with Crippen LogP contribution in [0.1, 0.15) is 18.9 Å². The zero-order chi connectivity index (χ0) is 29.0. The van der Waals surface area contributed by atoms with Gasteiger partial charge in [0, 0.05) is 56.2 Å². The maximum Gasteiger partial charge on any atom is 0.490 e. The molecule has 0 bridgehead atoms.